The van der Waals surface area contributed by atoms with Gasteiger partial charge in [0.05, 0.1) is 12.0 Å². The summed E-state index contributed by atoms with van der Waals surface area (Å²) in [4.78, 5) is 26.7. The summed E-state index contributed by atoms with van der Waals surface area (Å²) >= 11 is 1.62. The van der Waals surface area contributed by atoms with Gasteiger partial charge in [-0.05, 0) is 44.4 Å². The summed E-state index contributed by atoms with van der Waals surface area (Å²) in [5, 5.41) is 2.82. The van der Waals surface area contributed by atoms with Crippen molar-refractivity contribution in [1.82, 2.24) is 9.21 Å². The van der Waals surface area contributed by atoms with Crippen LogP contribution in [0.2, 0.25) is 0 Å². The van der Waals surface area contributed by atoms with Gasteiger partial charge in [-0.3, -0.25) is 9.59 Å². The molecule has 2 amide bonds. The average molecular weight is 454 g/mol. The molecule has 3 aliphatic rings. The van der Waals surface area contributed by atoms with Crippen molar-refractivity contribution in [2.24, 2.45) is 0 Å². The molecular formula is C20H27N3O5S2. The second-order valence-electron chi connectivity index (χ2n) is 8.09. The van der Waals surface area contributed by atoms with Gasteiger partial charge in [0, 0.05) is 31.0 Å². The first-order chi connectivity index (χ1) is 14.3. The van der Waals surface area contributed by atoms with Gasteiger partial charge in [-0.2, -0.15) is 4.31 Å². The van der Waals surface area contributed by atoms with Crippen LogP contribution in [-0.2, 0) is 19.6 Å². The molecule has 0 saturated carbocycles. The largest absolute Gasteiger partial charge is 0.495 e. The van der Waals surface area contributed by atoms with Crippen molar-refractivity contribution >= 4 is 39.3 Å². The number of ether oxygens (including phenoxy) is 1. The monoisotopic (exact) mass is 453 g/mol. The first kappa shape index (κ1) is 21.5. The number of amides is 2. The number of methoxy groups -OCH3 is 1. The predicted molar refractivity (Wildman–Crippen MR) is 115 cm³/mol. The Balaban J connectivity index is 1.58. The number of carbonyl (C=O) groups excluding carboxylic acids is 2. The van der Waals surface area contributed by atoms with Gasteiger partial charge in [0.2, 0.25) is 21.8 Å². The smallest absolute Gasteiger partial charge is 0.248 e. The number of fused-ring (bicyclic) bond motifs is 1. The van der Waals surface area contributed by atoms with Crippen molar-refractivity contribution in [3.63, 3.8) is 0 Å². The number of piperidine rings is 1. The first-order valence-corrected chi connectivity index (χ1v) is 12.6. The number of rotatable bonds is 5. The minimum absolute atomic E-state index is 0.00857. The number of hydrogen-bond donors (Lipinski definition) is 1. The molecule has 1 aromatic rings. The van der Waals surface area contributed by atoms with Crippen molar-refractivity contribution in [1.29, 1.82) is 0 Å². The van der Waals surface area contributed by atoms with E-state index in [4.69, 9.17) is 4.74 Å². The Morgan fingerprint density at radius 3 is 2.70 bits per heavy atom. The Kier molecular flexibility index (Phi) is 5.75. The van der Waals surface area contributed by atoms with E-state index in [1.165, 1.54) is 17.5 Å². The molecule has 3 aliphatic heterocycles. The van der Waals surface area contributed by atoms with Gasteiger partial charge in [-0.15, -0.1) is 11.8 Å². The van der Waals surface area contributed by atoms with Crippen LogP contribution in [0.4, 0.5) is 5.69 Å². The zero-order valence-electron chi connectivity index (χ0n) is 17.2. The fourth-order valence-corrected chi connectivity index (χ4v) is 7.57. The number of nitrogens with one attached hydrogen (secondary N) is 1. The van der Waals surface area contributed by atoms with Crippen LogP contribution in [0.1, 0.15) is 39.0 Å². The van der Waals surface area contributed by atoms with Crippen LogP contribution in [0.25, 0.3) is 0 Å². The molecule has 3 saturated heterocycles. The van der Waals surface area contributed by atoms with Crippen LogP contribution in [-0.4, -0.2) is 66.3 Å². The number of hydrogen-bond acceptors (Lipinski definition) is 6. The number of thioether (sulfide) groups is 1. The van der Waals surface area contributed by atoms with Gasteiger partial charge in [-0.1, -0.05) is 6.42 Å². The van der Waals surface area contributed by atoms with Gasteiger partial charge in [-0.25, -0.2) is 8.42 Å². The minimum Gasteiger partial charge on any atom is -0.495 e. The number of sulfonamides is 1. The van der Waals surface area contributed by atoms with E-state index >= 15 is 0 Å². The summed E-state index contributed by atoms with van der Waals surface area (Å²) in [6, 6.07) is 4.08. The van der Waals surface area contributed by atoms with Crippen molar-refractivity contribution in [2.75, 3.05) is 31.3 Å². The van der Waals surface area contributed by atoms with Crippen LogP contribution in [0.3, 0.4) is 0 Å². The van der Waals surface area contributed by atoms with Gasteiger partial charge >= 0.3 is 0 Å². The number of nitrogens with zero attached hydrogens (tertiary/aromatic N) is 2. The lowest BCUT2D eigenvalue weighted by molar-refractivity contribution is -0.135. The Labute approximate surface area is 181 Å². The molecule has 3 heterocycles. The summed E-state index contributed by atoms with van der Waals surface area (Å²) < 4.78 is 33.1. The van der Waals surface area contributed by atoms with Crippen LogP contribution in [0.15, 0.2) is 23.1 Å². The molecule has 2 atom stereocenters. The zero-order chi connectivity index (χ0) is 21.5. The van der Waals surface area contributed by atoms with Crippen molar-refractivity contribution in [2.45, 2.75) is 54.8 Å². The van der Waals surface area contributed by atoms with Gasteiger partial charge in [0.15, 0.2) is 0 Å². The highest BCUT2D eigenvalue weighted by molar-refractivity contribution is 8.01. The molecule has 1 aromatic carbocycles. The standard InChI is InChI=1S/C20H27N3O5S2/c1-20-9-8-18(24)23(20)15(13-29-20)19(25)21-14-6-7-16(28-2)17(12-14)30(26,27)22-10-4-3-5-11-22/h6-7,12,15H,3-5,8-11,13H2,1-2H3,(H,21,25)/t15-,20-/m0/s1. The van der Waals surface area contributed by atoms with Gasteiger partial charge in [0.1, 0.15) is 16.7 Å². The Bertz CT molecular complexity index is 961. The van der Waals surface area contributed by atoms with Crippen LogP contribution in [0.5, 0.6) is 5.75 Å². The topological polar surface area (TPSA) is 96.0 Å². The SMILES string of the molecule is COc1ccc(NC(=O)[C@@H]2CS[C@@]3(C)CCC(=O)N23)cc1S(=O)(=O)N1CCCCC1. The molecule has 0 aliphatic carbocycles. The lowest BCUT2D eigenvalue weighted by atomic mass is 10.2. The second kappa shape index (κ2) is 8.05. The summed E-state index contributed by atoms with van der Waals surface area (Å²) in [6.45, 7) is 2.96. The third-order valence-electron chi connectivity index (χ3n) is 6.11. The van der Waals surface area contributed by atoms with E-state index < -0.39 is 16.1 Å². The second-order valence-corrected chi connectivity index (χ2v) is 11.5. The lowest BCUT2D eigenvalue weighted by Gasteiger charge is -2.30. The highest BCUT2D eigenvalue weighted by atomic mass is 32.2. The maximum Gasteiger partial charge on any atom is 0.248 e. The van der Waals surface area contributed by atoms with E-state index in [0.717, 1.165) is 25.7 Å². The Morgan fingerprint density at radius 1 is 1.27 bits per heavy atom. The van der Waals surface area contributed by atoms with Crippen LogP contribution >= 0.6 is 11.8 Å². The van der Waals surface area contributed by atoms with E-state index in [-0.39, 0.29) is 27.3 Å². The molecular weight excluding hydrogens is 426 g/mol. The molecule has 4 rings (SSSR count). The normalized spacial score (nSPS) is 27.2. The molecule has 0 spiro atoms. The van der Waals surface area contributed by atoms with Crippen LogP contribution in [0, 0.1) is 0 Å². The summed E-state index contributed by atoms with van der Waals surface area (Å²) in [7, 11) is -2.30. The van der Waals surface area contributed by atoms with Crippen molar-refractivity contribution in [3.8, 4) is 5.75 Å². The quantitative estimate of drug-likeness (QED) is 0.735. The highest BCUT2D eigenvalue weighted by Gasteiger charge is 2.52. The summed E-state index contributed by atoms with van der Waals surface area (Å²) in [5.41, 5.74) is 0.377. The third-order valence-corrected chi connectivity index (χ3v) is 9.54. The van der Waals surface area contributed by atoms with Gasteiger partial charge < -0.3 is 15.0 Å². The van der Waals surface area contributed by atoms with E-state index in [1.807, 2.05) is 6.92 Å². The Morgan fingerprint density at radius 2 is 2.00 bits per heavy atom. The third kappa shape index (κ3) is 3.69. The minimum atomic E-state index is -3.73. The van der Waals surface area contributed by atoms with Gasteiger partial charge in [0.25, 0.3) is 0 Å². The van der Waals surface area contributed by atoms with Crippen molar-refractivity contribution < 1.29 is 22.7 Å². The van der Waals surface area contributed by atoms with Crippen molar-refractivity contribution in [3.05, 3.63) is 18.2 Å². The Hall–Kier alpha value is -1.78. The van der Waals surface area contributed by atoms with Crippen LogP contribution < -0.4 is 10.1 Å². The molecule has 30 heavy (non-hydrogen) atoms. The molecule has 0 aromatic heterocycles. The van der Waals surface area contributed by atoms with E-state index in [1.54, 1.807) is 28.8 Å². The molecule has 8 nitrogen and oxygen atoms in total. The molecule has 10 heteroatoms. The first-order valence-electron chi connectivity index (χ1n) is 10.2. The fraction of sp³-hybridized carbons (Fsp3) is 0.600. The molecule has 3 fully saturated rings. The highest BCUT2D eigenvalue weighted by Crippen LogP contribution is 2.47. The number of anilines is 1. The molecule has 0 unspecified atom stereocenters. The molecule has 0 radical (unpaired) electrons. The maximum absolute atomic E-state index is 13.2. The zero-order valence-corrected chi connectivity index (χ0v) is 18.9. The predicted octanol–water partition coefficient (Wildman–Crippen LogP) is 2.26. The van der Waals surface area contributed by atoms with E-state index in [2.05, 4.69) is 5.32 Å². The van der Waals surface area contributed by atoms with E-state index in [0.29, 0.717) is 31.0 Å². The summed E-state index contributed by atoms with van der Waals surface area (Å²) in [5.74, 6) is 0.472. The number of carbonyl (C=O) groups is 2. The average Bonchev–Trinajstić information content (AvgIpc) is 3.24. The van der Waals surface area contributed by atoms with E-state index in [9.17, 15) is 18.0 Å². The summed E-state index contributed by atoms with van der Waals surface area (Å²) in [6.07, 6.45) is 3.88. The number of benzene rings is 1. The molecule has 0 bridgehead atoms. The maximum atomic E-state index is 13.2. The molecule has 164 valence electrons. The molecule has 1 N–H and O–H groups in total. The lowest BCUT2D eigenvalue weighted by Crippen LogP contribution is -2.48. The fourth-order valence-electron chi connectivity index (χ4n) is 4.44.